The van der Waals surface area contributed by atoms with Crippen LogP contribution in [-0.2, 0) is 11.3 Å². The molecule has 5 nitrogen and oxygen atoms in total. The van der Waals surface area contributed by atoms with Crippen LogP contribution in [0.5, 0.6) is 5.75 Å². The SMILES string of the molecule is CC1(C)CN(Cc2ccc(C(=O)O)cc2)CC(COc2ccccc2)O1. The molecule has 0 aromatic heterocycles. The highest BCUT2D eigenvalue weighted by Crippen LogP contribution is 2.23. The number of carboxylic acids is 1. The Bertz CT molecular complexity index is 727. The highest BCUT2D eigenvalue weighted by atomic mass is 16.5. The molecule has 1 atom stereocenters. The average Bonchev–Trinajstić information content (AvgIpc) is 2.60. The van der Waals surface area contributed by atoms with Crippen molar-refractivity contribution in [1.82, 2.24) is 4.90 Å². The summed E-state index contributed by atoms with van der Waals surface area (Å²) in [5.41, 5.74) is 1.14. The Balaban J connectivity index is 1.61. The predicted molar refractivity (Wildman–Crippen MR) is 99.6 cm³/mol. The van der Waals surface area contributed by atoms with Crippen molar-refractivity contribution in [3.63, 3.8) is 0 Å². The third kappa shape index (κ3) is 5.07. The van der Waals surface area contributed by atoms with Crippen molar-refractivity contribution in [2.24, 2.45) is 0 Å². The van der Waals surface area contributed by atoms with Gasteiger partial charge in [0.25, 0.3) is 0 Å². The number of carboxylic acid groups (broad SMARTS) is 1. The van der Waals surface area contributed by atoms with Crippen LogP contribution >= 0.6 is 0 Å². The topological polar surface area (TPSA) is 59.0 Å². The van der Waals surface area contributed by atoms with Crippen molar-refractivity contribution in [2.45, 2.75) is 32.1 Å². The molecule has 0 amide bonds. The molecule has 2 aromatic carbocycles. The van der Waals surface area contributed by atoms with E-state index in [1.807, 2.05) is 42.5 Å². The molecule has 3 rings (SSSR count). The summed E-state index contributed by atoms with van der Waals surface area (Å²) in [6.07, 6.45) is -0.0164. The van der Waals surface area contributed by atoms with Gasteiger partial charge in [-0.2, -0.15) is 0 Å². The fourth-order valence-corrected chi connectivity index (χ4v) is 3.34. The Morgan fingerprint density at radius 3 is 2.54 bits per heavy atom. The van der Waals surface area contributed by atoms with E-state index in [4.69, 9.17) is 14.6 Å². The smallest absolute Gasteiger partial charge is 0.335 e. The van der Waals surface area contributed by atoms with E-state index >= 15 is 0 Å². The number of nitrogens with zero attached hydrogens (tertiary/aromatic N) is 1. The van der Waals surface area contributed by atoms with Gasteiger partial charge in [-0.15, -0.1) is 0 Å². The second kappa shape index (κ2) is 7.89. The van der Waals surface area contributed by atoms with Gasteiger partial charge < -0.3 is 14.6 Å². The number of aromatic carboxylic acids is 1. The second-order valence-corrected chi connectivity index (χ2v) is 7.30. The Morgan fingerprint density at radius 1 is 1.19 bits per heavy atom. The molecule has 5 heteroatoms. The monoisotopic (exact) mass is 355 g/mol. The number of carbonyl (C=O) groups is 1. The van der Waals surface area contributed by atoms with Crippen molar-refractivity contribution in [3.05, 3.63) is 65.7 Å². The normalized spacial score (nSPS) is 19.8. The van der Waals surface area contributed by atoms with Crippen LogP contribution in [0.15, 0.2) is 54.6 Å². The molecule has 0 bridgehead atoms. The number of morpholine rings is 1. The number of benzene rings is 2. The number of ether oxygens (including phenoxy) is 2. The summed E-state index contributed by atoms with van der Waals surface area (Å²) in [4.78, 5) is 13.3. The van der Waals surface area contributed by atoms with Gasteiger partial charge in [-0.3, -0.25) is 4.90 Å². The van der Waals surface area contributed by atoms with Crippen LogP contribution in [0.3, 0.4) is 0 Å². The first-order valence-electron chi connectivity index (χ1n) is 8.81. The first-order chi connectivity index (χ1) is 12.4. The maximum absolute atomic E-state index is 11.0. The molecular formula is C21H25NO4. The summed E-state index contributed by atoms with van der Waals surface area (Å²) in [6, 6.07) is 16.8. The van der Waals surface area contributed by atoms with Crippen molar-refractivity contribution in [2.75, 3.05) is 19.7 Å². The van der Waals surface area contributed by atoms with Crippen LogP contribution in [-0.4, -0.2) is 47.4 Å². The Hall–Kier alpha value is -2.37. The van der Waals surface area contributed by atoms with Crippen molar-refractivity contribution in [1.29, 1.82) is 0 Å². The van der Waals surface area contributed by atoms with E-state index in [2.05, 4.69) is 18.7 Å². The molecular weight excluding hydrogens is 330 g/mol. The first kappa shape index (κ1) is 18.4. The van der Waals surface area contributed by atoms with Gasteiger partial charge in [-0.25, -0.2) is 4.79 Å². The minimum absolute atomic E-state index is 0.0164. The zero-order valence-electron chi connectivity index (χ0n) is 15.2. The first-order valence-corrected chi connectivity index (χ1v) is 8.81. The van der Waals surface area contributed by atoms with Gasteiger partial charge in [0, 0.05) is 19.6 Å². The summed E-state index contributed by atoms with van der Waals surface area (Å²) >= 11 is 0. The van der Waals surface area contributed by atoms with Crippen LogP contribution in [0.4, 0.5) is 0 Å². The zero-order chi connectivity index (χ0) is 18.6. The maximum Gasteiger partial charge on any atom is 0.335 e. The molecule has 1 saturated heterocycles. The molecule has 0 spiro atoms. The molecule has 138 valence electrons. The molecule has 1 N–H and O–H groups in total. The molecule has 0 aliphatic carbocycles. The lowest BCUT2D eigenvalue weighted by Gasteiger charge is -2.42. The summed E-state index contributed by atoms with van der Waals surface area (Å²) in [7, 11) is 0. The van der Waals surface area contributed by atoms with Gasteiger partial charge in [0.1, 0.15) is 18.5 Å². The van der Waals surface area contributed by atoms with Crippen molar-refractivity contribution in [3.8, 4) is 5.75 Å². The van der Waals surface area contributed by atoms with Gasteiger partial charge >= 0.3 is 5.97 Å². The van der Waals surface area contributed by atoms with Crippen molar-refractivity contribution >= 4 is 5.97 Å². The minimum Gasteiger partial charge on any atom is -0.491 e. The molecule has 1 heterocycles. The molecule has 1 unspecified atom stereocenters. The largest absolute Gasteiger partial charge is 0.491 e. The molecule has 2 aromatic rings. The molecule has 0 radical (unpaired) electrons. The lowest BCUT2D eigenvalue weighted by atomic mass is 10.0. The average molecular weight is 355 g/mol. The van der Waals surface area contributed by atoms with Crippen LogP contribution in [0.25, 0.3) is 0 Å². The zero-order valence-corrected chi connectivity index (χ0v) is 15.2. The lowest BCUT2D eigenvalue weighted by Crippen LogP contribution is -2.53. The standard InChI is InChI=1S/C21H25NO4/c1-21(2)15-22(12-16-8-10-17(11-9-16)20(23)24)13-19(26-21)14-25-18-6-4-3-5-7-18/h3-11,19H,12-15H2,1-2H3,(H,23,24). The van der Waals surface area contributed by atoms with Gasteiger partial charge in [0.05, 0.1) is 11.2 Å². The van der Waals surface area contributed by atoms with E-state index in [0.29, 0.717) is 12.2 Å². The van der Waals surface area contributed by atoms with Crippen LogP contribution in [0.2, 0.25) is 0 Å². The van der Waals surface area contributed by atoms with E-state index in [-0.39, 0.29) is 11.7 Å². The summed E-state index contributed by atoms with van der Waals surface area (Å²) in [6.45, 7) is 7.02. The predicted octanol–water partition coefficient (Wildman–Crippen LogP) is 3.44. The van der Waals surface area contributed by atoms with Gasteiger partial charge in [0.15, 0.2) is 0 Å². The summed E-state index contributed by atoms with van der Waals surface area (Å²) in [5.74, 6) is -0.0579. The lowest BCUT2D eigenvalue weighted by molar-refractivity contribution is -0.147. The van der Waals surface area contributed by atoms with Crippen LogP contribution in [0, 0.1) is 0 Å². The molecule has 1 aliphatic heterocycles. The van der Waals surface area contributed by atoms with Crippen LogP contribution < -0.4 is 4.74 Å². The molecule has 1 aliphatic rings. The van der Waals surface area contributed by atoms with Gasteiger partial charge in [-0.1, -0.05) is 30.3 Å². The molecule has 1 fully saturated rings. The number of para-hydroxylation sites is 1. The third-order valence-electron chi connectivity index (χ3n) is 4.34. The van der Waals surface area contributed by atoms with E-state index in [1.165, 1.54) is 0 Å². The third-order valence-corrected chi connectivity index (χ3v) is 4.34. The van der Waals surface area contributed by atoms with E-state index < -0.39 is 5.97 Å². The van der Waals surface area contributed by atoms with Crippen molar-refractivity contribution < 1.29 is 19.4 Å². The Labute approximate surface area is 154 Å². The number of rotatable bonds is 6. The van der Waals surface area contributed by atoms with E-state index in [1.54, 1.807) is 12.1 Å². The highest BCUT2D eigenvalue weighted by molar-refractivity contribution is 5.87. The maximum atomic E-state index is 11.0. The van der Waals surface area contributed by atoms with Crippen LogP contribution in [0.1, 0.15) is 29.8 Å². The Morgan fingerprint density at radius 2 is 1.88 bits per heavy atom. The van der Waals surface area contributed by atoms with Gasteiger partial charge in [-0.05, 0) is 43.7 Å². The Kier molecular flexibility index (Phi) is 5.59. The number of hydrogen-bond donors (Lipinski definition) is 1. The second-order valence-electron chi connectivity index (χ2n) is 7.30. The fraction of sp³-hybridized carbons (Fsp3) is 0.381. The fourth-order valence-electron chi connectivity index (χ4n) is 3.34. The highest BCUT2D eigenvalue weighted by Gasteiger charge is 2.33. The number of hydrogen-bond acceptors (Lipinski definition) is 4. The molecule has 0 saturated carbocycles. The minimum atomic E-state index is -0.901. The quantitative estimate of drug-likeness (QED) is 0.860. The summed E-state index contributed by atoms with van der Waals surface area (Å²) in [5, 5.41) is 9.01. The molecule has 26 heavy (non-hydrogen) atoms. The summed E-state index contributed by atoms with van der Waals surface area (Å²) < 4.78 is 12.0. The van der Waals surface area contributed by atoms with E-state index in [0.717, 1.165) is 30.9 Å². The van der Waals surface area contributed by atoms with E-state index in [9.17, 15) is 4.79 Å². The van der Waals surface area contributed by atoms with Gasteiger partial charge in [0.2, 0.25) is 0 Å².